The van der Waals surface area contributed by atoms with Crippen molar-refractivity contribution in [3.05, 3.63) is 30.0 Å². The van der Waals surface area contributed by atoms with E-state index < -0.39 is 0 Å². The first-order valence-corrected chi connectivity index (χ1v) is 4.13. The minimum atomic E-state index is 0. The summed E-state index contributed by atoms with van der Waals surface area (Å²) in [5, 5.41) is 5.15. The van der Waals surface area contributed by atoms with Crippen molar-refractivity contribution in [2.75, 3.05) is 0 Å². The Bertz CT molecular complexity index is 390. The van der Waals surface area contributed by atoms with Crippen molar-refractivity contribution in [3.8, 4) is 0 Å². The van der Waals surface area contributed by atoms with Crippen LogP contribution in [0.1, 0.15) is 32.9 Å². The maximum atomic E-state index is 5.16. The standard InChI is InChI=1S/C10H11NO.CH4/c1-7(2)10-8-5-3-4-6-9(8)12-11-10;/h3-7H,1-2H3;1H4. The number of aromatic nitrogens is 1. The highest BCUT2D eigenvalue weighted by Gasteiger charge is 2.09. The van der Waals surface area contributed by atoms with Crippen LogP contribution in [0.5, 0.6) is 0 Å². The van der Waals surface area contributed by atoms with Crippen molar-refractivity contribution in [1.82, 2.24) is 5.16 Å². The average molecular weight is 177 g/mol. The molecule has 0 saturated heterocycles. The molecular weight excluding hydrogens is 162 g/mol. The number of benzene rings is 1. The van der Waals surface area contributed by atoms with Crippen molar-refractivity contribution in [2.45, 2.75) is 27.2 Å². The summed E-state index contributed by atoms with van der Waals surface area (Å²) in [7, 11) is 0. The van der Waals surface area contributed by atoms with Crippen molar-refractivity contribution in [2.24, 2.45) is 0 Å². The van der Waals surface area contributed by atoms with Crippen LogP contribution in [0.2, 0.25) is 0 Å². The first kappa shape index (κ1) is 9.78. The molecule has 0 N–H and O–H groups in total. The molecule has 1 heterocycles. The summed E-state index contributed by atoms with van der Waals surface area (Å²) < 4.78 is 5.16. The van der Waals surface area contributed by atoms with Gasteiger partial charge in [-0.05, 0) is 18.1 Å². The van der Waals surface area contributed by atoms with E-state index in [-0.39, 0.29) is 7.43 Å². The minimum Gasteiger partial charge on any atom is -0.356 e. The summed E-state index contributed by atoms with van der Waals surface area (Å²) >= 11 is 0. The molecule has 0 spiro atoms. The molecule has 70 valence electrons. The highest BCUT2D eigenvalue weighted by molar-refractivity contribution is 5.79. The van der Waals surface area contributed by atoms with Gasteiger partial charge in [0.05, 0.1) is 5.69 Å². The number of hydrogen-bond donors (Lipinski definition) is 0. The van der Waals surface area contributed by atoms with E-state index in [0.717, 1.165) is 16.7 Å². The molecule has 0 aliphatic carbocycles. The molecule has 0 aliphatic rings. The third kappa shape index (κ3) is 1.57. The lowest BCUT2D eigenvalue weighted by Crippen LogP contribution is -1.86. The largest absolute Gasteiger partial charge is 0.356 e. The van der Waals surface area contributed by atoms with Crippen molar-refractivity contribution < 1.29 is 4.52 Å². The van der Waals surface area contributed by atoms with Crippen LogP contribution in [0.15, 0.2) is 28.8 Å². The maximum Gasteiger partial charge on any atom is 0.167 e. The fourth-order valence-corrected chi connectivity index (χ4v) is 1.32. The number of rotatable bonds is 1. The van der Waals surface area contributed by atoms with Gasteiger partial charge in [-0.1, -0.05) is 38.6 Å². The van der Waals surface area contributed by atoms with Crippen LogP contribution < -0.4 is 0 Å². The Hall–Kier alpha value is -1.31. The fraction of sp³-hybridized carbons (Fsp3) is 0.364. The highest BCUT2D eigenvalue weighted by atomic mass is 16.5. The quantitative estimate of drug-likeness (QED) is 0.665. The normalized spacial score (nSPS) is 10.4. The second-order valence-corrected chi connectivity index (χ2v) is 3.22. The Labute approximate surface area is 78.5 Å². The molecule has 0 atom stereocenters. The first-order valence-electron chi connectivity index (χ1n) is 4.13. The van der Waals surface area contributed by atoms with Gasteiger partial charge in [0, 0.05) is 5.39 Å². The average Bonchev–Trinajstić information content (AvgIpc) is 2.47. The Balaban J connectivity index is 0.000000845. The van der Waals surface area contributed by atoms with Crippen LogP contribution in [0.25, 0.3) is 11.0 Å². The molecule has 0 bridgehead atoms. The molecule has 13 heavy (non-hydrogen) atoms. The van der Waals surface area contributed by atoms with E-state index >= 15 is 0 Å². The molecule has 0 aliphatic heterocycles. The van der Waals surface area contributed by atoms with E-state index in [4.69, 9.17) is 4.52 Å². The molecule has 2 heteroatoms. The van der Waals surface area contributed by atoms with Gasteiger partial charge >= 0.3 is 0 Å². The van der Waals surface area contributed by atoms with Gasteiger partial charge in [0.1, 0.15) is 0 Å². The summed E-state index contributed by atoms with van der Waals surface area (Å²) in [5.74, 6) is 0.425. The van der Waals surface area contributed by atoms with Gasteiger partial charge in [0.25, 0.3) is 0 Å². The summed E-state index contributed by atoms with van der Waals surface area (Å²) in [6.45, 7) is 4.23. The lowest BCUT2D eigenvalue weighted by atomic mass is 10.1. The Morgan fingerprint density at radius 2 is 1.92 bits per heavy atom. The molecule has 0 amide bonds. The molecule has 2 rings (SSSR count). The lowest BCUT2D eigenvalue weighted by Gasteiger charge is -1.96. The Kier molecular flexibility index (Phi) is 2.71. The molecule has 2 nitrogen and oxygen atoms in total. The maximum absolute atomic E-state index is 5.16. The topological polar surface area (TPSA) is 26.0 Å². The summed E-state index contributed by atoms with van der Waals surface area (Å²) in [6, 6.07) is 7.94. The van der Waals surface area contributed by atoms with E-state index in [1.165, 1.54) is 0 Å². The molecule has 1 aromatic heterocycles. The van der Waals surface area contributed by atoms with Gasteiger partial charge in [0.2, 0.25) is 0 Å². The van der Waals surface area contributed by atoms with Crippen LogP contribution in [0.3, 0.4) is 0 Å². The number of hydrogen-bond acceptors (Lipinski definition) is 2. The number of para-hydroxylation sites is 1. The van der Waals surface area contributed by atoms with Crippen LogP contribution in [-0.2, 0) is 0 Å². The van der Waals surface area contributed by atoms with Crippen molar-refractivity contribution in [3.63, 3.8) is 0 Å². The smallest absolute Gasteiger partial charge is 0.167 e. The van der Waals surface area contributed by atoms with E-state index in [1.54, 1.807) is 0 Å². The zero-order valence-electron chi connectivity index (χ0n) is 7.24. The second kappa shape index (κ2) is 3.60. The van der Waals surface area contributed by atoms with Crippen LogP contribution in [0, 0.1) is 0 Å². The highest BCUT2D eigenvalue weighted by Crippen LogP contribution is 2.23. The minimum absolute atomic E-state index is 0. The Morgan fingerprint density at radius 1 is 1.23 bits per heavy atom. The van der Waals surface area contributed by atoms with Gasteiger partial charge in [0.15, 0.2) is 5.58 Å². The van der Waals surface area contributed by atoms with E-state index in [2.05, 4.69) is 19.0 Å². The summed E-state index contributed by atoms with van der Waals surface area (Å²) in [6.07, 6.45) is 0. The second-order valence-electron chi connectivity index (χ2n) is 3.22. The Morgan fingerprint density at radius 3 is 2.62 bits per heavy atom. The predicted octanol–water partition coefficient (Wildman–Crippen LogP) is 3.59. The zero-order chi connectivity index (χ0) is 8.55. The molecular formula is C11H15NO. The summed E-state index contributed by atoms with van der Waals surface area (Å²) in [4.78, 5) is 0. The van der Waals surface area contributed by atoms with Crippen LogP contribution in [0.4, 0.5) is 0 Å². The summed E-state index contributed by atoms with van der Waals surface area (Å²) in [5.41, 5.74) is 1.92. The van der Waals surface area contributed by atoms with Gasteiger partial charge in [-0.25, -0.2) is 0 Å². The molecule has 0 fully saturated rings. The third-order valence-electron chi connectivity index (χ3n) is 1.95. The molecule has 1 aromatic carbocycles. The van der Waals surface area contributed by atoms with E-state index in [1.807, 2.05) is 24.3 Å². The monoisotopic (exact) mass is 177 g/mol. The molecule has 0 radical (unpaired) electrons. The fourth-order valence-electron chi connectivity index (χ4n) is 1.32. The molecule has 0 unspecified atom stereocenters. The van der Waals surface area contributed by atoms with E-state index in [0.29, 0.717) is 5.92 Å². The molecule has 2 aromatic rings. The van der Waals surface area contributed by atoms with Gasteiger partial charge < -0.3 is 4.52 Å². The predicted molar refractivity (Wildman–Crippen MR) is 54.8 cm³/mol. The van der Waals surface area contributed by atoms with Crippen molar-refractivity contribution >= 4 is 11.0 Å². The number of fused-ring (bicyclic) bond motifs is 1. The van der Waals surface area contributed by atoms with Gasteiger partial charge in [-0.3, -0.25) is 0 Å². The molecule has 0 saturated carbocycles. The van der Waals surface area contributed by atoms with Gasteiger partial charge in [-0.15, -0.1) is 0 Å². The van der Waals surface area contributed by atoms with Gasteiger partial charge in [-0.2, -0.15) is 0 Å². The third-order valence-corrected chi connectivity index (χ3v) is 1.95. The van der Waals surface area contributed by atoms with Crippen LogP contribution >= 0.6 is 0 Å². The SMILES string of the molecule is C.CC(C)c1noc2ccccc12. The number of nitrogens with zero attached hydrogens (tertiary/aromatic N) is 1. The lowest BCUT2D eigenvalue weighted by molar-refractivity contribution is 0.441. The first-order chi connectivity index (χ1) is 5.79. The van der Waals surface area contributed by atoms with E-state index in [9.17, 15) is 0 Å². The van der Waals surface area contributed by atoms with Crippen molar-refractivity contribution in [1.29, 1.82) is 0 Å². The van der Waals surface area contributed by atoms with Crippen LogP contribution in [-0.4, -0.2) is 5.16 Å². The zero-order valence-corrected chi connectivity index (χ0v) is 7.24.